The third kappa shape index (κ3) is 6.52. The minimum Gasteiger partial charge on any atom is -0.504 e. The van der Waals surface area contributed by atoms with E-state index < -0.39 is 43.3 Å². The number of phenolic OH excluding ortho intramolecular Hbond substituents is 2. The van der Waals surface area contributed by atoms with Gasteiger partial charge in [0.15, 0.2) is 17.8 Å². The Bertz CT molecular complexity index is 775. The summed E-state index contributed by atoms with van der Waals surface area (Å²) in [5.74, 6) is -1.41. The molecule has 1 aliphatic rings. The standard InChI is InChI=1S/C20H26O10/c1-11(6-7-21)9-29-20-19(27)18(26)17(25)15(30-20)10-28-16(24)5-3-12-2-4-13(22)14(23)8-12/h2-6,8,15,17-23,25-27H,7,9-10H2,1H3/b5-3+,11-6+/t15?,17-,18+,19?,20-/m1/s1. The number of hydrogen-bond donors (Lipinski definition) is 6. The van der Waals surface area contributed by atoms with Gasteiger partial charge in [0.05, 0.1) is 13.2 Å². The summed E-state index contributed by atoms with van der Waals surface area (Å²) in [6.45, 7) is 1.11. The number of benzene rings is 1. The molecule has 10 nitrogen and oxygen atoms in total. The second-order valence-corrected chi connectivity index (χ2v) is 6.77. The van der Waals surface area contributed by atoms with Gasteiger partial charge in [0.25, 0.3) is 0 Å². The Kier molecular flexibility index (Phi) is 8.78. The van der Waals surface area contributed by atoms with Crippen LogP contribution >= 0.6 is 0 Å². The molecule has 1 heterocycles. The summed E-state index contributed by atoms with van der Waals surface area (Å²) >= 11 is 0. The van der Waals surface area contributed by atoms with E-state index in [1.165, 1.54) is 30.4 Å². The minimum atomic E-state index is -1.58. The van der Waals surface area contributed by atoms with Gasteiger partial charge in [-0.2, -0.15) is 0 Å². The molecule has 10 heteroatoms. The van der Waals surface area contributed by atoms with Crippen LogP contribution in [0.2, 0.25) is 0 Å². The van der Waals surface area contributed by atoms with Gasteiger partial charge in [0.1, 0.15) is 31.0 Å². The molecule has 2 unspecified atom stereocenters. The number of aliphatic hydroxyl groups is 4. The first kappa shape index (κ1) is 23.8. The van der Waals surface area contributed by atoms with Crippen molar-refractivity contribution in [1.82, 2.24) is 0 Å². The molecule has 1 aliphatic heterocycles. The van der Waals surface area contributed by atoms with E-state index in [2.05, 4.69) is 0 Å². The smallest absolute Gasteiger partial charge is 0.330 e. The quantitative estimate of drug-likeness (QED) is 0.137. The molecule has 5 atom stereocenters. The number of aliphatic hydroxyl groups excluding tert-OH is 4. The molecule has 6 N–H and O–H groups in total. The number of phenols is 2. The van der Waals surface area contributed by atoms with Gasteiger partial charge in [-0.3, -0.25) is 0 Å². The monoisotopic (exact) mass is 426 g/mol. The van der Waals surface area contributed by atoms with E-state index in [4.69, 9.17) is 19.3 Å². The first-order chi connectivity index (χ1) is 14.2. The highest BCUT2D eigenvalue weighted by Gasteiger charge is 2.44. The van der Waals surface area contributed by atoms with Crippen LogP contribution in [0.25, 0.3) is 6.08 Å². The van der Waals surface area contributed by atoms with Crippen molar-refractivity contribution in [1.29, 1.82) is 0 Å². The van der Waals surface area contributed by atoms with Crippen molar-refractivity contribution in [3.63, 3.8) is 0 Å². The largest absolute Gasteiger partial charge is 0.504 e. The molecule has 1 aromatic rings. The third-order valence-corrected chi connectivity index (χ3v) is 4.38. The fourth-order valence-corrected chi connectivity index (χ4v) is 2.64. The number of hydrogen-bond acceptors (Lipinski definition) is 10. The Morgan fingerprint density at radius 3 is 2.53 bits per heavy atom. The summed E-state index contributed by atoms with van der Waals surface area (Å²) in [4.78, 5) is 11.9. The topological polar surface area (TPSA) is 166 Å². The van der Waals surface area contributed by atoms with Crippen LogP contribution in [-0.4, -0.2) is 87.1 Å². The van der Waals surface area contributed by atoms with E-state index in [9.17, 15) is 30.3 Å². The van der Waals surface area contributed by atoms with E-state index in [0.29, 0.717) is 11.1 Å². The number of aromatic hydroxyl groups is 2. The van der Waals surface area contributed by atoms with Crippen molar-refractivity contribution < 1.29 is 49.6 Å². The highest BCUT2D eigenvalue weighted by atomic mass is 16.7. The van der Waals surface area contributed by atoms with E-state index in [-0.39, 0.29) is 24.7 Å². The second kappa shape index (κ2) is 11.1. The van der Waals surface area contributed by atoms with Crippen molar-refractivity contribution in [2.45, 2.75) is 37.6 Å². The van der Waals surface area contributed by atoms with Gasteiger partial charge in [0.2, 0.25) is 0 Å². The molecule has 0 saturated carbocycles. The fourth-order valence-electron chi connectivity index (χ4n) is 2.64. The summed E-state index contributed by atoms with van der Waals surface area (Å²) in [5, 5.41) is 57.6. The maximum atomic E-state index is 11.9. The molecule has 0 amide bonds. The molecule has 0 radical (unpaired) electrons. The van der Waals surface area contributed by atoms with Crippen LogP contribution in [0.4, 0.5) is 0 Å². The lowest BCUT2D eigenvalue weighted by atomic mass is 9.99. The molecule has 2 rings (SSSR count). The Hall–Kier alpha value is -2.47. The highest BCUT2D eigenvalue weighted by molar-refractivity contribution is 5.87. The van der Waals surface area contributed by atoms with Crippen LogP contribution in [0.3, 0.4) is 0 Å². The lowest BCUT2D eigenvalue weighted by molar-refractivity contribution is -0.299. The lowest BCUT2D eigenvalue weighted by Gasteiger charge is -2.39. The van der Waals surface area contributed by atoms with Crippen molar-refractivity contribution in [3.8, 4) is 11.5 Å². The molecule has 1 fully saturated rings. The number of carbonyl (C=O) groups excluding carboxylic acids is 1. The Morgan fingerprint density at radius 2 is 1.87 bits per heavy atom. The van der Waals surface area contributed by atoms with Crippen LogP contribution in [0.15, 0.2) is 35.9 Å². The van der Waals surface area contributed by atoms with Crippen molar-refractivity contribution in [2.24, 2.45) is 0 Å². The molecule has 166 valence electrons. The Balaban J connectivity index is 1.91. The number of rotatable bonds is 8. The number of esters is 1. The first-order valence-electron chi connectivity index (χ1n) is 9.17. The van der Waals surface area contributed by atoms with Crippen molar-refractivity contribution in [3.05, 3.63) is 41.5 Å². The predicted octanol–water partition coefficient (Wildman–Crippen LogP) is -0.583. The average Bonchev–Trinajstić information content (AvgIpc) is 2.72. The molecule has 0 aliphatic carbocycles. The molecular formula is C20H26O10. The van der Waals surface area contributed by atoms with Crippen LogP contribution in [-0.2, 0) is 19.0 Å². The normalized spacial score (nSPS) is 27.4. The molecule has 1 saturated heterocycles. The predicted molar refractivity (Wildman–Crippen MR) is 103 cm³/mol. The summed E-state index contributed by atoms with van der Waals surface area (Å²) in [6, 6.07) is 3.98. The summed E-state index contributed by atoms with van der Waals surface area (Å²) in [6.07, 6.45) is -3.11. The van der Waals surface area contributed by atoms with Gasteiger partial charge in [-0.05, 0) is 36.3 Å². The molecular weight excluding hydrogens is 400 g/mol. The van der Waals surface area contributed by atoms with Crippen molar-refractivity contribution >= 4 is 12.0 Å². The third-order valence-electron chi connectivity index (χ3n) is 4.38. The second-order valence-electron chi connectivity index (χ2n) is 6.77. The van der Waals surface area contributed by atoms with Gasteiger partial charge >= 0.3 is 5.97 Å². The van der Waals surface area contributed by atoms with Crippen molar-refractivity contribution in [2.75, 3.05) is 19.8 Å². The van der Waals surface area contributed by atoms with Gasteiger partial charge in [-0.1, -0.05) is 12.1 Å². The van der Waals surface area contributed by atoms with Gasteiger partial charge in [0, 0.05) is 6.08 Å². The van der Waals surface area contributed by atoms with Gasteiger partial charge < -0.3 is 44.8 Å². The maximum absolute atomic E-state index is 11.9. The SMILES string of the molecule is C/C(=C\CO)CO[C@@H]1OC(COC(=O)/C=C/c2ccc(O)c(O)c2)[C@@H](O)[C@H](O)C1O. The minimum absolute atomic E-state index is 0.0137. The summed E-state index contributed by atoms with van der Waals surface area (Å²) in [7, 11) is 0. The maximum Gasteiger partial charge on any atom is 0.330 e. The van der Waals surface area contributed by atoms with Crippen LogP contribution in [0.1, 0.15) is 12.5 Å². The zero-order valence-electron chi connectivity index (χ0n) is 16.3. The molecule has 0 aromatic heterocycles. The van der Waals surface area contributed by atoms with Crippen LogP contribution in [0.5, 0.6) is 11.5 Å². The Labute approximate surface area is 172 Å². The fraction of sp³-hybridized carbons (Fsp3) is 0.450. The van der Waals surface area contributed by atoms with Gasteiger partial charge in [-0.15, -0.1) is 0 Å². The summed E-state index contributed by atoms with van der Waals surface area (Å²) < 4.78 is 15.8. The van der Waals surface area contributed by atoms with E-state index in [1.807, 2.05) is 0 Å². The number of carbonyl (C=O) groups is 1. The van der Waals surface area contributed by atoms with E-state index in [0.717, 1.165) is 6.08 Å². The molecule has 0 spiro atoms. The van der Waals surface area contributed by atoms with Crippen LogP contribution in [0, 0.1) is 0 Å². The van der Waals surface area contributed by atoms with Crippen LogP contribution < -0.4 is 0 Å². The Morgan fingerprint density at radius 1 is 1.13 bits per heavy atom. The van der Waals surface area contributed by atoms with E-state index in [1.54, 1.807) is 6.92 Å². The zero-order valence-corrected chi connectivity index (χ0v) is 16.3. The highest BCUT2D eigenvalue weighted by Crippen LogP contribution is 2.25. The lowest BCUT2D eigenvalue weighted by Crippen LogP contribution is -2.59. The molecule has 30 heavy (non-hydrogen) atoms. The first-order valence-corrected chi connectivity index (χ1v) is 9.17. The average molecular weight is 426 g/mol. The van der Waals surface area contributed by atoms with E-state index >= 15 is 0 Å². The van der Waals surface area contributed by atoms with Gasteiger partial charge in [-0.25, -0.2) is 4.79 Å². The molecule has 0 bridgehead atoms. The summed E-state index contributed by atoms with van der Waals surface area (Å²) in [5.41, 5.74) is 1.11. The number of ether oxygens (including phenoxy) is 3. The molecule has 1 aromatic carbocycles. The zero-order chi connectivity index (χ0) is 22.3.